The van der Waals surface area contributed by atoms with Gasteiger partial charge in [-0.3, -0.25) is 14.5 Å². The topological polar surface area (TPSA) is 57.7 Å². The van der Waals surface area contributed by atoms with E-state index in [0.29, 0.717) is 11.3 Å². The second-order valence-corrected chi connectivity index (χ2v) is 4.88. The zero-order valence-electron chi connectivity index (χ0n) is 11.7. The highest BCUT2D eigenvalue weighted by Gasteiger charge is 2.46. The van der Waals surface area contributed by atoms with Crippen LogP contribution in [0, 0.1) is 0 Å². The molecule has 2 aromatic rings. The summed E-state index contributed by atoms with van der Waals surface area (Å²) in [7, 11) is 0. The molecule has 5 heteroatoms. The monoisotopic (exact) mass is 293 g/mol. The van der Waals surface area contributed by atoms with Gasteiger partial charge >= 0.3 is 6.03 Å². The molecule has 0 saturated carbocycles. The number of anilines is 1. The standard InChI is InChI=1S/C17H13N2O3/c20-12-11-18-15(13-7-3-1-4-8-13)16(21)19(17(18)22)14-9-5-2-6-10-14/h1-10,15H,11H2. The maximum absolute atomic E-state index is 12.7. The van der Waals surface area contributed by atoms with Crippen LogP contribution in [0.3, 0.4) is 0 Å². The lowest BCUT2D eigenvalue weighted by molar-refractivity contribution is -0.119. The first-order valence-electron chi connectivity index (χ1n) is 6.83. The van der Waals surface area contributed by atoms with E-state index >= 15 is 0 Å². The van der Waals surface area contributed by atoms with Crippen LogP contribution in [0.15, 0.2) is 60.7 Å². The lowest BCUT2D eigenvalue weighted by Crippen LogP contribution is -2.34. The molecule has 1 fully saturated rings. The summed E-state index contributed by atoms with van der Waals surface area (Å²) in [4.78, 5) is 38.4. The molecule has 1 radical (unpaired) electrons. The summed E-state index contributed by atoms with van der Waals surface area (Å²) in [5, 5.41) is 0. The third kappa shape index (κ3) is 2.26. The van der Waals surface area contributed by atoms with E-state index in [9.17, 15) is 14.4 Å². The summed E-state index contributed by atoms with van der Waals surface area (Å²) >= 11 is 0. The molecule has 22 heavy (non-hydrogen) atoms. The Morgan fingerprint density at radius 1 is 0.909 bits per heavy atom. The zero-order valence-corrected chi connectivity index (χ0v) is 11.7. The Bertz CT molecular complexity index is 700. The molecule has 1 unspecified atom stereocenters. The third-order valence-corrected chi connectivity index (χ3v) is 3.57. The van der Waals surface area contributed by atoms with Gasteiger partial charge in [0, 0.05) is 0 Å². The van der Waals surface area contributed by atoms with E-state index in [1.54, 1.807) is 60.9 Å². The van der Waals surface area contributed by atoms with Crippen molar-refractivity contribution in [3.63, 3.8) is 0 Å². The fourth-order valence-corrected chi connectivity index (χ4v) is 2.59. The fraction of sp³-hybridized carbons (Fsp3) is 0.118. The Balaban J connectivity index is 2.04. The summed E-state index contributed by atoms with van der Waals surface area (Å²) in [6.45, 7) is -0.243. The number of urea groups is 1. The number of amides is 3. The summed E-state index contributed by atoms with van der Waals surface area (Å²) in [5.74, 6) is -0.363. The number of carbonyl (C=O) groups excluding carboxylic acids is 3. The lowest BCUT2D eigenvalue weighted by atomic mass is 10.1. The molecule has 109 valence electrons. The first kappa shape index (κ1) is 14.0. The molecular weight excluding hydrogens is 280 g/mol. The van der Waals surface area contributed by atoms with E-state index in [4.69, 9.17) is 0 Å². The quantitative estimate of drug-likeness (QED) is 0.813. The van der Waals surface area contributed by atoms with E-state index in [1.165, 1.54) is 4.90 Å². The molecule has 0 bridgehead atoms. The highest BCUT2D eigenvalue weighted by atomic mass is 16.2. The van der Waals surface area contributed by atoms with Gasteiger partial charge in [0.15, 0.2) is 0 Å². The average Bonchev–Trinajstić information content (AvgIpc) is 2.80. The number of para-hydroxylation sites is 1. The van der Waals surface area contributed by atoms with Crippen molar-refractivity contribution in [2.24, 2.45) is 0 Å². The molecule has 1 aliphatic rings. The Morgan fingerprint density at radius 3 is 2.09 bits per heavy atom. The van der Waals surface area contributed by atoms with Gasteiger partial charge in [-0.25, -0.2) is 9.69 Å². The van der Waals surface area contributed by atoms with Crippen LogP contribution < -0.4 is 4.90 Å². The summed E-state index contributed by atoms with van der Waals surface area (Å²) < 4.78 is 0. The average molecular weight is 293 g/mol. The number of benzene rings is 2. The molecule has 1 saturated heterocycles. The van der Waals surface area contributed by atoms with Crippen molar-refractivity contribution in [3.05, 3.63) is 66.2 Å². The molecule has 3 rings (SSSR count). The van der Waals surface area contributed by atoms with Crippen LogP contribution >= 0.6 is 0 Å². The third-order valence-electron chi connectivity index (χ3n) is 3.57. The van der Waals surface area contributed by atoms with Gasteiger partial charge in [0.1, 0.15) is 6.04 Å². The van der Waals surface area contributed by atoms with Crippen molar-refractivity contribution >= 4 is 23.9 Å². The molecule has 5 nitrogen and oxygen atoms in total. The van der Waals surface area contributed by atoms with Crippen LogP contribution in [0.5, 0.6) is 0 Å². The number of nitrogens with zero attached hydrogens (tertiary/aromatic N) is 2. The van der Waals surface area contributed by atoms with E-state index in [1.807, 2.05) is 6.07 Å². The van der Waals surface area contributed by atoms with Crippen molar-refractivity contribution in [3.8, 4) is 0 Å². The lowest BCUT2D eigenvalue weighted by Gasteiger charge is -2.18. The molecule has 3 amide bonds. The summed E-state index contributed by atoms with van der Waals surface area (Å²) in [5.41, 5.74) is 1.17. The molecule has 0 spiro atoms. The smallest absolute Gasteiger partial charge is 0.300 e. The first-order chi connectivity index (χ1) is 10.7. The van der Waals surface area contributed by atoms with Gasteiger partial charge in [-0.1, -0.05) is 48.5 Å². The predicted octanol–water partition coefficient (Wildman–Crippen LogP) is 2.31. The highest BCUT2D eigenvalue weighted by molar-refractivity contribution is 6.21. The fourth-order valence-electron chi connectivity index (χ4n) is 2.59. The molecule has 0 aromatic heterocycles. The Hall–Kier alpha value is -2.95. The number of rotatable bonds is 4. The van der Waals surface area contributed by atoms with Gasteiger partial charge in [0.25, 0.3) is 5.91 Å². The minimum absolute atomic E-state index is 0.243. The van der Waals surface area contributed by atoms with Gasteiger partial charge in [-0.2, -0.15) is 0 Å². The van der Waals surface area contributed by atoms with E-state index in [0.717, 1.165) is 4.90 Å². The molecule has 1 aliphatic heterocycles. The second kappa shape index (κ2) is 5.81. The van der Waals surface area contributed by atoms with Crippen molar-refractivity contribution in [1.29, 1.82) is 0 Å². The SMILES string of the molecule is O=[C]CN1C(=O)N(c2ccccc2)C(=O)C1c1ccccc1. The van der Waals surface area contributed by atoms with Gasteiger partial charge < -0.3 is 0 Å². The Morgan fingerprint density at radius 2 is 1.50 bits per heavy atom. The highest BCUT2D eigenvalue weighted by Crippen LogP contribution is 2.33. The Labute approximate surface area is 127 Å². The van der Waals surface area contributed by atoms with Crippen LogP contribution in [0.1, 0.15) is 11.6 Å². The summed E-state index contributed by atoms with van der Waals surface area (Å²) in [6, 6.07) is 16.3. The number of hydrogen-bond acceptors (Lipinski definition) is 3. The van der Waals surface area contributed by atoms with Gasteiger partial charge in [0.2, 0.25) is 6.29 Å². The zero-order chi connectivity index (χ0) is 15.5. The van der Waals surface area contributed by atoms with Crippen LogP contribution in [0.2, 0.25) is 0 Å². The van der Waals surface area contributed by atoms with Crippen LogP contribution in [-0.2, 0) is 9.59 Å². The number of carbonyl (C=O) groups is 2. The van der Waals surface area contributed by atoms with Crippen LogP contribution in [-0.4, -0.2) is 29.7 Å². The molecule has 1 heterocycles. The van der Waals surface area contributed by atoms with Crippen molar-refractivity contribution < 1.29 is 14.4 Å². The van der Waals surface area contributed by atoms with Crippen molar-refractivity contribution in [2.75, 3.05) is 11.4 Å². The maximum Gasteiger partial charge on any atom is 0.332 e. The van der Waals surface area contributed by atoms with Gasteiger partial charge in [0.05, 0.1) is 12.2 Å². The minimum atomic E-state index is -0.796. The van der Waals surface area contributed by atoms with Crippen molar-refractivity contribution in [2.45, 2.75) is 6.04 Å². The number of hydrogen-bond donors (Lipinski definition) is 0. The van der Waals surface area contributed by atoms with E-state index in [-0.39, 0.29) is 12.5 Å². The van der Waals surface area contributed by atoms with Gasteiger partial charge in [-0.15, -0.1) is 0 Å². The molecule has 1 atom stereocenters. The Kier molecular flexibility index (Phi) is 3.70. The van der Waals surface area contributed by atoms with E-state index < -0.39 is 12.1 Å². The first-order valence-corrected chi connectivity index (χ1v) is 6.83. The molecule has 0 N–H and O–H groups in total. The summed E-state index contributed by atoms with van der Waals surface area (Å²) in [6.07, 6.45) is 1.71. The molecule has 2 aromatic carbocycles. The normalized spacial score (nSPS) is 17.9. The predicted molar refractivity (Wildman–Crippen MR) is 80.9 cm³/mol. The van der Waals surface area contributed by atoms with Crippen LogP contribution in [0.25, 0.3) is 0 Å². The minimum Gasteiger partial charge on any atom is -0.300 e. The maximum atomic E-state index is 12.7. The number of imide groups is 1. The van der Waals surface area contributed by atoms with Gasteiger partial charge in [-0.05, 0) is 17.7 Å². The largest absolute Gasteiger partial charge is 0.332 e. The van der Waals surface area contributed by atoms with Crippen molar-refractivity contribution in [1.82, 2.24) is 4.90 Å². The molecule has 0 aliphatic carbocycles. The van der Waals surface area contributed by atoms with Crippen LogP contribution in [0.4, 0.5) is 10.5 Å². The van der Waals surface area contributed by atoms with E-state index in [2.05, 4.69) is 0 Å². The second-order valence-electron chi connectivity index (χ2n) is 4.88. The molecular formula is C17H13N2O3.